The predicted octanol–water partition coefficient (Wildman–Crippen LogP) is 3.95. The number of rotatable bonds is 4. The molecule has 2 rings (SSSR count). The first-order valence-electron chi connectivity index (χ1n) is 5.35. The summed E-state index contributed by atoms with van der Waals surface area (Å²) >= 11 is 11.6. The smallest absolute Gasteiger partial charge is 0.399 e. The van der Waals surface area contributed by atoms with Crippen LogP contribution in [0.15, 0.2) is 28.9 Å². The number of hydrogen-bond donors (Lipinski definition) is 0. The van der Waals surface area contributed by atoms with Crippen LogP contribution in [0.3, 0.4) is 0 Å². The molecule has 1 aromatic carbocycles. The lowest BCUT2D eigenvalue weighted by Crippen LogP contribution is -2.04. The summed E-state index contributed by atoms with van der Waals surface area (Å²) in [6.45, 7) is 1.96. The molecule has 2 aromatic rings. The zero-order valence-corrected chi connectivity index (χ0v) is 11.4. The van der Waals surface area contributed by atoms with Crippen molar-refractivity contribution in [2.24, 2.45) is 0 Å². The summed E-state index contributed by atoms with van der Waals surface area (Å²) in [4.78, 5) is 15.2. The molecule has 19 heavy (non-hydrogen) atoms. The average Bonchev–Trinajstić information content (AvgIpc) is 2.83. The third-order valence-electron chi connectivity index (χ3n) is 2.06. The Morgan fingerprint density at radius 2 is 2.16 bits per heavy atom. The molecule has 0 unspecified atom stereocenters. The molecule has 7 heteroatoms. The van der Waals surface area contributed by atoms with Crippen LogP contribution in [0.1, 0.15) is 17.4 Å². The van der Waals surface area contributed by atoms with Crippen LogP contribution in [0.2, 0.25) is 10.0 Å². The fourth-order valence-corrected chi connectivity index (χ4v) is 1.53. The zero-order chi connectivity index (χ0) is 13.8. The Labute approximate surface area is 119 Å². The first-order valence-corrected chi connectivity index (χ1v) is 6.11. The van der Waals surface area contributed by atoms with Crippen LogP contribution in [0.4, 0.5) is 0 Å². The monoisotopic (exact) mass is 301 g/mol. The van der Waals surface area contributed by atoms with E-state index < -0.39 is 5.97 Å². The summed E-state index contributed by atoms with van der Waals surface area (Å²) in [5.41, 5.74) is 0.0388. The number of carbonyl (C=O) groups is 1. The highest BCUT2D eigenvalue weighted by Crippen LogP contribution is 2.29. The number of carbonyl (C=O) groups excluding carboxylic acids is 1. The van der Waals surface area contributed by atoms with E-state index in [-0.39, 0.29) is 18.4 Å². The Bertz CT molecular complexity index is 597. The predicted molar refractivity (Wildman–Crippen MR) is 69.0 cm³/mol. The normalized spacial score (nSPS) is 10.3. The molecule has 5 nitrogen and oxygen atoms in total. The summed E-state index contributed by atoms with van der Waals surface area (Å²) < 4.78 is 15.1. The standard InChI is InChI=1S/C12H9Cl2NO4/c1-2-17-11(16)10-6-18-12(15-10)19-7-3-4-8(13)9(14)5-7/h3-6H,2H2,1H3. The molecule has 100 valence electrons. The second-order valence-corrected chi connectivity index (χ2v) is 4.21. The number of hydrogen-bond acceptors (Lipinski definition) is 5. The molecular weight excluding hydrogens is 293 g/mol. The first kappa shape index (κ1) is 13.7. The Morgan fingerprint density at radius 3 is 2.84 bits per heavy atom. The first-order chi connectivity index (χ1) is 9.10. The molecule has 0 saturated heterocycles. The molecule has 0 atom stereocenters. The third-order valence-corrected chi connectivity index (χ3v) is 2.80. The van der Waals surface area contributed by atoms with Gasteiger partial charge in [0.05, 0.1) is 16.7 Å². The number of benzene rings is 1. The fourth-order valence-electron chi connectivity index (χ4n) is 1.24. The maximum absolute atomic E-state index is 11.4. The fraction of sp³-hybridized carbons (Fsp3) is 0.167. The largest absolute Gasteiger partial charge is 0.461 e. The van der Waals surface area contributed by atoms with Crippen molar-refractivity contribution in [1.29, 1.82) is 0 Å². The van der Waals surface area contributed by atoms with Crippen molar-refractivity contribution in [3.8, 4) is 11.8 Å². The van der Waals surface area contributed by atoms with Gasteiger partial charge in [-0.3, -0.25) is 0 Å². The maximum Gasteiger partial charge on any atom is 0.399 e. The Morgan fingerprint density at radius 1 is 1.37 bits per heavy atom. The molecule has 0 bridgehead atoms. The molecule has 1 aromatic heterocycles. The van der Waals surface area contributed by atoms with Gasteiger partial charge in [-0.25, -0.2) is 4.79 Å². The molecule has 0 aliphatic heterocycles. The molecule has 0 radical (unpaired) electrons. The van der Waals surface area contributed by atoms with Crippen molar-refractivity contribution in [2.75, 3.05) is 6.61 Å². The van der Waals surface area contributed by atoms with Crippen LogP contribution in [0.5, 0.6) is 11.8 Å². The van der Waals surface area contributed by atoms with E-state index in [1.807, 2.05) is 0 Å². The minimum Gasteiger partial charge on any atom is -0.461 e. The lowest BCUT2D eigenvalue weighted by Gasteiger charge is -2.01. The van der Waals surface area contributed by atoms with E-state index in [4.69, 9.17) is 37.1 Å². The number of aromatic nitrogens is 1. The van der Waals surface area contributed by atoms with Gasteiger partial charge in [-0.15, -0.1) is 0 Å². The van der Waals surface area contributed by atoms with Crippen molar-refractivity contribution in [3.05, 3.63) is 40.2 Å². The van der Waals surface area contributed by atoms with Gasteiger partial charge in [-0.05, 0) is 19.1 Å². The molecule has 0 spiro atoms. The van der Waals surface area contributed by atoms with Gasteiger partial charge >= 0.3 is 12.0 Å². The molecule has 0 fully saturated rings. The Hall–Kier alpha value is -1.72. The summed E-state index contributed by atoms with van der Waals surface area (Å²) in [7, 11) is 0. The van der Waals surface area contributed by atoms with Crippen LogP contribution in [0, 0.1) is 0 Å². The van der Waals surface area contributed by atoms with Crippen molar-refractivity contribution in [3.63, 3.8) is 0 Å². The molecule has 0 aliphatic rings. The van der Waals surface area contributed by atoms with Gasteiger partial charge in [0, 0.05) is 6.07 Å². The molecule has 0 amide bonds. The van der Waals surface area contributed by atoms with E-state index in [0.29, 0.717) is 15.8 Å². The van der Waals surface area contributed by atoms with Crippen LogP contribution >= 0.6 is 23.2 Å². The Kier molecular flexibility index (Phi) is 4.29. The van der Waals surface area contributed by atoms with E-state index in [1.54, 1.807) is 19.1 Å². The van der Waals surface area contributed by atoms with Crippen LogP contribution in [-0.2, 0) is 4.74 Å². The van der Waals surface area contributed by atoms with Gasteiger partial charge in [0.2, 0.25) is 0 Å². The van der Waals surface area contributed by atoms with Crippen LogP contribution in [-0.4, -0.2) is 17.6 Å². The summed E-state index contributed by atoms with van der Waals surface area (Å²) in [6.07, 6.45) is 1.08. The minimum atomic E-state index is -0.574. The summed E-state index contributed by atoms with van der Waals surface area (Å²) in [5, 5.41) is 0.755. The lowest BCUT2D eigenvalue weighted by molar-refractivity contribution is 0.0519. The molecule has 0 N–H and O–H groups in total. The Balaban J connectivity index is 2.11. The van der Waals surface area contributed by atoms with E-state index in [2.05, 4.69) is 4.98 Å². The number of oxazole rings is 1. The SMILES string of the molecule is CCOC(=O)c1coc(Oc2ccc(Cl)c(Cl)c2)n1. The van der Waals surface area contributed by atoms with Gasteiger partial charge in [0.1, 0.15) is 12.0 Å². The molecule has 0 saturated carbocycles. The lowest BCUT2D eigenvalue weighted by atomic mass is 10.3. The van der Waals surface area contributed by atoms with E-state index >= 15 is 0 Å². The number of ether oxygens (including phenoxy) is 2. The van der Waals surface area contributed by atoms with Gasteiger partial charge in [-0.1, -0.05) is 23.2 Å². The van der Waals surface area contributed by atoms with E-state index in [0.717, 1.165) is 6.26 Å². The highest BCUT2D eigenvalue weighted by Gasteiger charge is 2.14. The van der Waals surface area contributed by atoms with Gasteiger partial charge in [-0.2, -0.15) is 4.98 Å². The van der Waals surface area contributed by atoms with Crippen molar-refractivity contribution in [2.45, 2.75) is 6.92 Å². The van der Waals surface area contributed by atoms with E-state index in [1.165, 1.54) is 6.07 Å². The van der Waals surface area contributed by atoms with Crippen LogP contribution in [0.25, 0.3) is 0 Å². The maximum atomic E-state index is 11.4. The van der Waals surface area contributed by atoms with Crippen molar-refractivity contribution >= 4 is 29.2 Å². The quantitative estimate of drug-likeness (QED) is 0.800. The minimum absolute atomic E-state index is 0.0388. The highest BCUT2D eigenvalue weighted by molar-refractivity contribution is 6.42. The van der Waals surface area contributed by atoms with Gasteiger partial charge < -0.3 is 13.9 Å². The summed E-state index contributed by atoms with van der Waals surface area (Å²) in [5.74, 6) is -0.179. The van der Waals surface area contributed by atoms with Crippen molar-refractivity contribution in [1.82, 2.24) is 4.98 Å². The second kappa shape index (κ2) is 5.95. The van der Waals surface area contributed by atoms with Crippen molar-refractivity contribution < 1.29 is 18.7 Å². The topological polar surface area (TPSA) is 61.6 Å². The molecule has 0 aliphatic carbocycles. The molecular formula is C12H9Cl2NO4. The van der Waals surface area contributed by atoms with Crippen LogP contribution < -0.4 is 4.74 Å². The summed E-state index contributed by atoms with van der Waals surface area (Å²) in [6, 6.07) is 4.69. The molecule has 1 heterocycles. The number of halogens is 2. The number of nitrogens with zero attached hydrogens (tertiary/aromatic N) is 1. The third kappa shape index (κ3) is 3.39. The second-order valence-electron chi connectivity index (χ2n) is 3.40. The number of esters is 1. The highest BCUT2D eigenvalue weighted by atomic mass is 35.5. The zero-order valence-electron chi connectivity index (χ0n) is 9.85. The average molecular weight is 302 g/mol. The van der Waals surface area contributed by atoms with E-state index in [9.17, 15) is 4.79 Å². The van der Waals surface area contributed by atoms with Gasteiger partial charge in [0.15, 0.2) is 5.69 Å². The van der Waals surface area contributed by atoms with Gasteiger partial charge in [0.25, 0.3) is 0 Å².